The highest BCUT2D eigenvalue weighted by Gasteiger charge is 2.38. The number of aromatic nitrogens is 1. The van der Waals surface area contributed by atoms with E-state index in [1.807, 2.05) is 34.0 Å². The molecule has 1 aliphatic heterocycles. The summed E-state index contributed by atoms with van der Waals surface area (Å²) in [6, 6.07) is 52.0. The van der Waals surface area contributed by atoms with E-state index in [1.165, 1.54) is 140 Å². The number of nitrogens with one attached hydrogen (secondary N) is 1. The normalized spacial score (nSPS) is 15.4. The molecule has 2 nitrogen and oxygen atoms in total. The van der Waals surface area contributed by atoms with Gasteiger partial charge in [-0.15, -0.1) is 34.0 Å². The third-order valence-corrected chi connectivity index (χ3v) is 19.0. The van der Waals surface area contributed by atoms with Crippen LogP contribution in [0.1, 0.15) is 78.0 Å². The number of rotatable bonds is 3. The zero-order valence-electron chi connectivity index (χ0n) is 38.5. The molecule has 8 aromatic carbocycles. The van der Waals surface area contributed by atoms with Crippen LogP contribution in [0.3, 0.4) is 0 Å². The quantitative estimate of drug-likeness (QED) is 0.175. The van der Waals surface area contributed by atoms with Crippen molar-refractivity contribution in [2.45, 2.75) is 77.6 Å². The minimum atomic E-state index is 0.0790. The third-order valence-electron chi connectivity index (χ3n) is 15.6. The van der Waals surface area contributed by atoms with Crippen molar-refractivity contribution < 1.29 is 0 Å². The second-order valence-electron chi connectivity index (χ2n) is 21.6. The van der Waals surface area contributed by atoms with Crippen molar-refractivity contribution >= 4 is 146 Å². The molecule has 0 radical (unpaired) electrons. The van der Waals surface area contributed by atoms with E-state index in [9.17, 15) is 0 Å². The average molecular weight is 905 g/mol. The van der Waals surface area contributed by atoms with Gasteiger partial charge in [0.05, 0.1) is 5.52 Å². The molecule has 0 saturated carbocycles. The van der Waals surface area contributed by atoms with Crippen LogP contribution in [0.5, 0.6) is 0 Å². The Hall–Kier alpha value is -5.92. The smallest absolute Gasteiger partial charge is 0.198 e. The Morgan fingerprint density at radius 2 is 1.11 bits per heavy atom. The molecule has 4 aromatic heterocycles. The summed E-state index contributed by atoms with van der Waals surface area (Å²) in [4.78, 5) is 0. The molecule has 0 saturated heterocycles. The lowest BCUT2D eigenvalue weighted by molar-refractivity contribution is 0.332. The van der Waals surface area contributed by atoms with Gasteiger partial charge in [0.15, 0.2) is 7.28 Å². The van der Waals surface area contributed by atoms with Gasteiger partial charge in [-0.25, -0.2) is 0 Å². The summed E-state index contributed by atoms with van der Waals surface area (Å²) in [7, 11) is 0.858. The minimum absolute atomic E-state index is 0.0790. The van der Waals surface area contributed by atoms with Crippen molar-refractivity contribution in [1.82, 2.24) is 4.57 Å². The Labute approximate surface area is 397 Å². The molecule has 2 aliphatic rings. The van der Waals surface area contributed by atoms with E-state index in [2.05, 4.69) is 192 Å². The number of anilines is 2. The Balaban J connectivity index is 1.06. The fourth-order valence-corrected chi connectivity index (χ4v) is 15.2. The highest BCUT2D eigenvalue weighted by Crippen LogP contribution is 2.51. The van der Waals surface area contributed by atoms with E-state index < -0.39 is 0 Å². The van der Waals surface area contributed by atoms with Gasteiger partial charge >= 0.3 is 0 Å². The number of hydrogen-bond donors (Lipinski definition) is 1. The van der Waals surface area contributed by atoms with Gasteiger partial charge in [-0.05, 0) is 129 Å². The van der Waals surface area contributed by atoms with Crippen LogP contribution in [0.4, 0.5) is 11.4 Å². The number of thiophene rings is 3. The topological polar surface area (TPSA) is 17.0 Å². The SMILES string of the molecule is CC(C)(C)c1ccc(Nc2cc3c(cc2-c2ccc4c5cc6c(cc5n5c4c2Bc2cc4c(cc2-5)sc2ccccc24)sc2ccccc26)sc2cc4c(cc23)C(C)(C)CCC4(C)C)cc1. The fraction of sp³-hybridized carbons (Fsp3) is 0.200. The Kier molecular flexibility index (Phi) is 7.96. The first-order valence-electron chi connectivity index (χ1n) is 23.6. The highest BCUT2D eigenvalue weighted by molar-refractivity contribution is 7.26. The van der Waals surface area contributed by atoms with Gasteiger partial charge in [-0.2, -0.15) is 0 Å². The Morgan fingerprint density at radius 3 is 1.82 bits per heavy atom. The lowest BCUT2D eigenvalue weighted by Crippen LogP contribution is -2.37. The molecule has 0 amide bonds. The molecule has 0 atom stereocenters. The monoisotopic (exact) mass is 904 g/mol. The van der Waals surface area contributed by atoms with Crippen LogP contribution in [0.15, 0.2) is 133 Å². The predicted octanol–water partition coefficient (Wildman–Crippen LogP) is 16.6. The first-order chi connectivity index (χ1) is 31.8. The molecule has 0 bridgehead atoms. The zero-order valence-corrected chi connectivity index (χ0v) is 40.9. The summed E-state index contributed by atoms with van der Waals surface area (Å²) >= 11 is 5.79. The minimum Gasteiger partial charge on any atom is -0.355 e. The van der Waals surface area contributed by atoms with Gasteiger partial charge in [0.2, 0.25) is 0 Å². The van der Waals surface area contributed by atoms with E-state index in [-0.39, 0.29) is 16.2 Å². The second kappa shape index (κ2) is 13.4. The zero-order chi connectivity index (χ0) is 44.6. The largest absolute Gasteiger partial charge is 0.355 e. The molecule has 12 aromatic rings. The van der Waals surface area contributed by atoms with Gasteiger partial charge in [-0.3, -0.25) is 0 Å². The van der Waals surface area contributed by atoms with Gasteiger partial charge in [0.25, 0.3) is 0 Å². The van der Waals surface area contributed by atoms with Crippen LogP contribution in [0.25, 0.3) is 99.1 Å². The summed E-state index contributed by atoms with van der Waals surface area (Å²) in [5, 5.41) is 14.8. The number of benzene rings is 8. The maximum Gasteiger partial charge on any atom is 0.198 e. The first kappa shape index (κ1) is 39.3. The highest BCUT2D eigenvalue weighted by atomic mass is 32.1. The molecule has 5 heterocycles. The van der Waals surface area contributed by atoms with Crippen molar-refractivity contribution in [1.29, 1.82) is 0 Å². The molecular weight excluding hydrogens is 856 g/mol. The van der Waals surface area contributed by atoms with Crippen LogP contribution < -0.4 is 16.2 Å². The van der Waals surface area contributed by atoms with E-state index in [0.717, 1.165) is 18.7 Å². The lowest BCUT2D eigenvalue weighted by atomic mass is 9.59. The number of nitrogens with zero attached hydrogens (tertiary/aromatic N) is 1. The maximum absolute atomic E-state index is 4.04. The first-order valence-corrected chi connectivity index (χ1v) is 26.0. The van der Waals surface area contributed by atoms with E-state index in [4.69, 9.17) is 0 Å². The van der Waals surface area contributed by atoms with Crippen molar-refractivity contribution in [2.24, 2.45) is 0 Å². The lowest BCUT2D eigenvalue weighted by Gasteiger charge is -2.41. The molecule has 1 N–H and O–H groups in total. The molecule has 14 rings (SSSR count). The molecule has 1 aliphatic carbocycles. The molecule has 0 fully saturated rings. The maximum atomic E-state index is 4.04. The van der Waals surface area contributed by atoms with Crippen LogP contribution in [-0.2, 0) is 16.2 Å². The summed E-state index contributed by atoms with van der Waals surface area (Å²) in [5.41, 5.74) is 16.3. The molecule has 320 valence electrons. The van der Waals surface area contributed by atoms with Crippen LogP contribution in [0.2, 0.25) is 0 Å². The molecule has 0 unspecified atom stereocenters. The summed E-state index contributed by atoms with van der Waals surface area (Å²) in [6.45, 7) is 16.7. The van der Waals surface area contributed by atoms with Crippen molar-refractivity contribution in [2.75, 3.05) is 5.32 Å². The molecule has 0 spiro atoms. The van der Waals surface area contributed by atoms with Crippen LogP contribution >= 0.6 is 34.0 Å². The summed E-state index contributed by atoms with van der Waals surface area (Å²) < 4.78 is 10.7. The van der Waals surface area contributed by atoms with Crippen LogP contribution in [0, 0.1) is 0 Å². The second-order valence-corrected chi connectivity index (χ2v) is 24.9. The van der Waals surface area contributed by atoms with Crippen molar-refractivity contribution in [3.8, 4) is 16.8 Å². The molecular formula is C60H49BN2S3. The van der Waals surface area contributed by atoms with Crippen molar-refractivity contribution in [3.05, 3.63) is 150 Å². The van der Waals surface area contributed by atoms with Gasteiger partial charge < -0.3 is 9.88 Å². The Morgan fingerprint density at radius 1 is 0.515 bits per heavy atom. The van der Waals surface area contributed by atoms with Gasteiger partial charge in [0.1, 0.15) is 0 Å². The standard InChI is InChI=1S/C60H49BN2S3/c1-58(2,3)32-16-18-33(19-17-32)62-47-27-43-41-25-44-45(60(6,7)23-22-59(44,4)5)29-53(41)66-52(43)28-38(47)36-20-21-37-39-24-40-34-12-8-10-14-50(34)64-54(40)30-48(39)63-49-31-55-42(26-46(49)61-56(36)57(37)63)35-13-9-11-15-51(35)65-55/h8-21,24-31,61-62H,22-23H2,1-7H3. The number of fused-ring (bicyclic) bond motifs is 15. The van der Waals surface area contributed by atoms with Crippen molar-refractivity contribution in [3.63, 3.8) is 0 Å². The van der Waals surface area contributed by atoms with E-state index in [0.29, 0.717) is 0 Å². The average Bonchev–Trinajstić information content (AvgIpc) is 4.05. The van der Waals surface area contributed by atoms with E-state index in [1.54, 1.807) is 0 Å². The number of hydrogen-bond acceptors (Lipinski definition) is 4. The predicted molar refractivity (Wildman–Crippen MR) is 295 cm³/mol. The molecule has 66 heavy (non-hydrogen) atoms. The van der Waals surface area contributed by atoms with Gasteiger partial charge in [0, 0.05) is 94.0 Å². The van der Waals surface area contributed by atoms with Gasteiger partial charge in [-0.1, -0.05) is 121 Å². The summed E-state index contributed by atoms with van der Waals surface area (Å²) in [6.07, 6.45) is 2.42. The fourth-order valence-electron chi connectivity index (χ4n) is 11.8. The third kappa shape index (κ3) is 5.59. The molecule has 6 heteroatoms. The summed E-state index contributed by atoms with van der Waals surface area (Å²) in [5.74, 6) is 0. The van der Waals surface area contributed by atoms with Crippen LogP contribution in [-0.4, -0.2) is 11.8 Å². The Bertz CT molecular complexity index is 4090. The van der Waals surface area contributed by atoms with E-state index >= 15 is 0 Å².